The molecule has 0 aromatic heterocycles. The van der Waals surface area contributed by atoms with Crippen LogP contribution >= 0.6 is 0 Å². The minimum Gasteiger partial charge on any atom is -0.423 e. The van der Waals surface area contributed by atoms with Gasteiger partial charge < -0.3 is 10.0 Å². The molecule has 0 saturated heterocycles. The molecule has 0 aliphatic heterocycles. The summed E-state index contributed by atoms with van der Waals surface area (Å²) in [6.07, 6.45) is 0. The minimum absolute atomic E-state index is 0.113. The van der Waals surface area contributed by atoms with Crippen molar-refractivity contribution in [3.05, 3.63) is 23.8 Å². The van der Waals surface area contributed by atoms with Crippen LogP contribution in [0.25, 0.3) is 0 Å². The summed E-state index contributed by atoms with van der Waals surface area (Å²) in [4.78, 5) is -0.257. The van der Waals surface area contributed by atoms with E-state index in [9.17, 15) is 8.42 Å². The average molecular weight is 215 g/mol. The van der Waals surface area contributed by atoms with Gasteiger partial charge in [-0.2, -0.15) is 0 Å². The van der Waals surface area contributed by atoms with Crippen LogP contribution in [0.1, 0.15) is 5.56 Å². The molecule has 0 amide bonds. The summed E-state index contributed by atoms with van der Waals surface area (Å²) >= 11 is 0. The van der Waals surface area contributed by atoms with Gasteiger partial charge in [-0.15, -0.1) is 0 Å². The van der Waals surface area contributed by atoms with E-state index in [2.05, 4.69) is 0 Å². The monoisotopic (exact) mass is 215 g/mol. The van der Waals surface area contributed by atoms with Gasteiger partial charge in [-0.05, 0) is 18.6 Å². The Morgan fingerprint density at radius 2 is 1.93 bits per heavy atom. The lowest BCUT2D eigenvalue weighted by Gasteiger charge is -2.07. The molecule has 0 aliphatic rings. The van der Waals surface area contributed by atoms with Crippen molar-refractivity contribution in [2.75, 3.05) is 0 Å². The Hall–Kier alpha value is -0.885. The van der Waals surface area contributed by atoms with Crippen molar-refractivity contribution >= 4 is 22.6 Å². The Kier molecular flexibility index (Phi) is 2.96. The zero-order chi connectivity index (χ0) is 10.9. The van der Waals surface area contributed by atoms with Crippen molar-refractivity contribution in [1.82, 2.24) is 0 Å². The molecule has 14 heavy (non-hydrogen) atoms. The third-order valence-corrected chi connectivity index (χ3v) is 2.72. The maximum absolute atomic E-state index is 11.1. The van der Waals surface area contributed by atoms with E-state index in [1.54, 1.807) is 13.0 Å². The molecule has 0 unspecified atom stereocenters. The molecule has 1 aromatic carbocycles. The van der Waals surface area contributed by atoms with Gasteiger partial charge in [-0.3, -0.25) is 0 Å². The van der Waals surface area contributed by atoms with E-state index in [4.69, 9.17) is 15.2 Å². The number of nitrogens with two attached hydrogens (primary N) is 1. The van der Waals surface area contributed by atoms with Crippen LogP contribution in [-0.2, 0) is 10.0 Å². The molecule has 0 spiro atoms. The lowest BCUT2D eigenvalue weighted by atomic mass is 9.80. The average Bonchev–Trinajstić information content (AvgIpc) is 2.01. The standard InChI is InChI=1S/C7H10BNO4S/c1-5-2-3-6(8(10)11)7(4-5)14(9,12)13/h2-4,10-11H,1H3,(H2,9,12,13). The number of sulfonamides is 1. The molecular formula is C7H10BNO4S. The molecule has 5 nitrogen and oxygen atoms in total. The van der Waals surface area contributed by atoms with E-state index in [0.29, 0.717) is 5.56 Å². The first-order valence-corrected chi connectivity index (χ1v) is 5.36. The first-order chi connectivity index (χ1) is 6.32. The van der Waals surface area contributed by atoms with Crippen LogP contribution in [0.15, 0.2) is 23.1 Å². The number of benzene rings is 1. The number of hydrogen-bond donors (Lipinski definition) is 3. The van der Waals surface area contributed by atoms with Crippen LogP contribution < -0.4 is 10.6 Å². The number of rotatable bonds is 2. The third-order valence-electron chi connectivity index (χ3n) is 1.75. The van der Waals surface area contributed by atoms with E-state index in [-0.39, 0.29) is 10.4 Å². The largest absolute Gasteiger partial charge is 0.489 e. The lowest BCUT2D eigenvalue weighted by molar-refractivity contribution is 0.424. The van der Waals surface area contributed by atoms with Crippen LogP contribution in [0.5, 0.6) is 0 Å². The minimum atomic E-state index is -3.92. The van der Waals surface area contributed by atoms with Crippen LogP contribution in [0.2, 0.25) is 0 Å². The molecular weight excluding hydrogens is 205 g/mol. The van der Waals surface area contributed by atoms with Crippen LogP contribution in [0, 0.1) is 6.92 Å². The zero-order valence-corrected chi connectivity index (χ0v) is 8.32. The molecule has 0 heterocycles. The molecule has 0 saturated carbocycles. The van der Waals surface area contributed by atoms with Crippen molar-refractivity contribution in [3.8, 4) is 0 Å². The number of primary sulfonamides is 1. The van der Waals surface area contributed by atoms with E-state index >= 15 is 0 Å². The first kappa shape index (κ1) is 11.2. The van der Waals surface area contributed by atoms with Gasteiger partial charge in [-0.25, -0.2) is 13.6 Å². The fraction of sp³-hybridized carbons (Fsp3) is 0.143. The SMILES string of the molecule is Cc1ccc(B(O)O)c(S(N)(=O)=O)c1. The van der Waals surface area contributed by atoms with E-state index < -0.39 is 17.1 Å². The molecule has 1 aromatic rings. The maximum atomic E-state index is 11.1. The van der Waals surface area contributed by atoms with E-state index in [1.807, 2.05) is 0 Å². The van der Waals surface area contributed by atoms with Crippen LogP contribution in [0.3, 0.4) is 0 Å². The van der Waals surface area contributed by atoms with Crippen LogP contribution in [-0.4, -0.2) is 25.6 Å². The molecule has 1 rings (SSSR count). The van der Waals surface area contributed by atoms with Gasteiger partial charge >= 0.3 is 7.12 Å². The Bertz CT molecular complexity index is 443. The van der Waals surface area contributed by atoms with Crippen molar-refractivity contribution in [2.45, 2.75) is 11.8 Å². The summed E-state index contributed by atoms with van der Waals surface area (Å²) < 4.78 is 22.1. The Morgan fingerprint density at radius 1 is 1.36 bits per heavy atom. The Labute approximate surface area is 82.4 Å². The summed E-state index contributed by atoms with van der Waals surface area (Å²) in [7, 11) is -5.76. The summed E-state index contributed by atoms with van der Waals surface area (Å²) in [5.74, 6) is 0. The molecule has 4 N–H and O–H groups in total. The maximum Gasteiger partial charge on any atom is 0.489 e. The summed E-state index contributed by atoms with van der Waals surface area (Å²) in [6.45, 7) is 1.68. The molecule has 7 heteroatoms. The Balaban J connectivity index is 3.46. The van der Waals surface area contributed by atoms with Crippen molar-refractivity contribution in [1.29, 1.82) is 0 Å². The highest BCUT2D eigenvalue weighted by Crippen LogP contribution is 2.07. The van der Waals surface area contributed by atoms with E-state index in [1.165, 1.54) is 12.1 Å². The number of aryl methyl sites for hydroxylation is 1. The van der Waals surface area contributed by atoms with Gasteiger partial charge in [0.15, 0.2) is 0 Å². The van der Waals surface area contributed by atoms with Gasteiger partial charge in [0.05, 0.1) is 4.90 Å². The molecule has 0 atom stereocenters. The third kappa shape index (κ3) is 2.33. The fourth-order valence-corrected chi connectivity index (χ4v) is 1.95. The van der Waals surface area contributed by atoms with Crippen LogP contribution in [0.4, 0.5) is 0 Å². The van der Waals surface area contributed by atoms with Gasteiger partial charge in [-0.1, -0.05) is 12.1 Å². The summed E-state index contributed by atoms with van der Waals surface area (Å²) in [5.41, 5.74) is 0.566. The molecule has 0 fully saturated rings. The van der Waals surface area contributed by atoms with Gasteiger partial charge in [0, 0.05) is 5.46 Å². The van der Waals surface area contributed by atoms with E-state index in [0.717, 1.165) is 0 Å². The second-order valence-corrected chi connectivity index (χ2v) is 4.49. The summed E-state index contributed by atoms with van der Waals surface area (Å²) in [6, 6.07) is 4.19. The highest BCUT2D eigenvalue weighted by atomic mass is 32.2. The second kappa shape index (κ2) is 3.70. The predicted molar refractivity (Wildman–Crippen MR) is 52.4 cm³/mol. The molecule has 0 radical (unpaired) electrons. The summed E-state index contributed by atoms with van der Waals surface area (Å²) in [5, 5.41) is 22.7. The Morgan fingerprint density at radius 3 is 2.36 bits per heavy atom. The highest BCUT2D eigenvalue weighted by molar-refractivity contribution is 7.89. The highest BCUT2D eigenvalue weighted by Gasteiger charge is 2.22. The fourth-order valence-electron chi connectivity index (χ4n) is 1.10. The van der Waals surface area contributed by atoms with Gasteiger partial charge in [0.1, 0.15) is 0 Å². The number of hydrogen-bond acceptors (Lipinski definition) is 4. The zero-order valence-electron chi connectivity index (χ0n) is 7.51. The quantitative estimate of drug-likeness (QED) is 0.513. The van der Waals surface area contributed by atoms with Crippen molar-refractivity contribution in [3.63, 3.8) is 0 Å². The predicted octanol–water partition coefficient (Wildman–Crippen LogP) is -1.68. The molecule has 76 valence electrons. The first-order valence-electron chi connectivity index (χ1n) is 3.82. The molecule has 0 aliphatic carbocycles. The normalized spacial score (nSPS) is 11.4. The van der Waals surface area contributed by atoms with Crippen molar-refractivity contribution < 1.29 is 18.5 Å². The van der Waals surface area contributed by atoms with Crippen molar-refractivity contribution in [2.24, 2.45) is 5.14 Å². The van der Waals surface area contributed by atoms with Gasteiger partial charge in [0.2, 0.25) is 10.0 Å². The molecule has 0 bridgehead atoms. The smallest absolute Gasteiger partial charge is 0.423 e. The second-order valence-electron chi connectivity index (χ2n) is 2.96. The lowest BCUT2D eigenvalue weighted by Crippen LogP contribution is -2.36. The van der Waals surface area contributed by atoms with Gasteiger partial charge in [0.25, 0.3) is 0 Å². The topological polar surface area (TPSA) is 101 Å².